The zero-order valence-electron chi connectivity index (χ0n) is 14.7. The quantitative estimate of drug-likeness (QED) is 0.499. The molecule has 0 fully saturated rings. The van der Waals surface area contributed by atoms with Crippen LogP contribution in [0.4, 0.5) is 17.5 Å². The van der Waals surface area contributed by atoms with Crippen molar-refractivity contribution >= 4 is 23.4 Å². The first-order valence-corrected chi connectivity index (χ1v) is 8.16. The molecule has 0 radical (unpaired) electrons. The molecule has 0 atom stereocenters. The molecule has 0 spiro atoms. The van der Waals surface area contributed by atoms with Gasteiger partial charge in [-0.3, -0.25) is 24.6 Å². The number of H-pyrrole nitrogens is 1. The van der Waals surface area contributed by atoms with E-state index in [4.69, 9.17) is 0 Å². The van der Waals surface area contributed by atoms with Gasteiger partial charge < -0.3 is 5.32 Å². The number of aromatic amines is 1. The number of aromatic nitrogens is 7. The van der Waals surface area contributed by atoms with E-state index < -0.39 is 0 Å². The molecule has 3 heterocycles. The highest BCUT2D eigenvalue weighted by molar-refractivity contribution is 6.03. The normalized spacial score (nSPS) is 10.7. The molecule has 1 amide bonds. The molecule has 3 N–H and O–H groups in total. The van der Waals surface area contributed by atoms with Gasteiger partial charge in [0, 0.05) is 43.8 Å². The molecule has 4 rings (SSSR count). The fraction of sp³-hybridized carbons (Fsp3) is 0.118. The lowest BCUT2D eigenvalue weighted by atomic mass is 10.2. The summed E-state index contributed by atoms with van der Waals surface area (Å²) < 4.78 is 3.37. The molecule has 10 nitrogen and oxygen atoms in total. The molecular formula is C17H17N9O. The van der Waals surface area contributed by atoms with E-state index in [1.165, 1.54) is 0 Å². The Balaban J connectivity index is 1.41. The van der Waals surface area contributed by atoms with E-state index in [0.717, 1.165) is 17.1 Å². The Hall–Kier alpha value is -3.95. The summed E-state index contributed by atoms with van der Waals surface area (Å²) in [5.74, 6) is 1.18. The average Bonchev–Trinajstić information content (AvgIpc) is 3.37. The third kappa shape index (κ3) is 3.68. The fourth-order valence-corrected chi connectivity index (χ4v) is 2.50. The van der Waals surface area contributed by atoms with Crippen molar-refractivity contribution in [3.63, 3.8) is 0 Å². The first-order chi connectivity index (χ1) is 13.1. The van der Waals surface area contributed by atoms with Crippen molar-refractivity contribution in [3.8, 4) is 11.4 Å². The summed E-state index contributed by atoms with van der Waals surface area (Å²) in [4.78, 5) is 16.6. The number of carbonyl (C=O) groups is 1. The minimum Gasteiger partial charge on any atom is -0.339 e. The van der Waals surface area contributed by atoms with Crippen LogP contribution in [0.3, 0.4) is 0 Å². The number of carbonyl (C=O) groups excluding carboxylic acids is 1. The summed E-state index contributed by atoms with van der Waals surface area (Å²) in [6.07, 6.45) is 5.32. The highest BCUT2D eigenvalue weighted by Gasteiger charge is 2.12. The van der Waals surface area contributed by atoms with E-state index in [2.05, 4.69) is 36.0 Å². The molecule has 0 aliphatic rings. The van der Waals surface area contributed by atoms with Crippen LogP contribution in [0.5, 0.6) is 0 Å². The third-order valence-electron chi connectivity index (χ3n) is 3.82. The zero-order chi connectivity index (χ0) is 18.8. The van der Waals surface area contributed by atoms with Crippen LogP contribution in [-0.2, 0) is 14.1 Å². The predicted octanol–water partition coefficient (Wildman–Crippen LogP) is 1.93. The molecule has 0 bridgehead atoms. The van der Waals surface area contributed by atoms with E-state index >= 15 is 0 Å². The first-order valence-electron chi connectivity index (χ1n) is 8.16. The largest absolute Gasteiger partial charge is 0.339 e. The highest BCUT2D eigenvalue weighted by atomic mass is 16.1. The van der Waals surface area contributed by atoms with E-state index in [1.807, 2.05) is 38.5 Å². The Morgan fingerprint density at radius 3 is 2.59 bits per heavy atom. The minimum absolute atomic E-state index is 0.203. The van der Waals surface area contributed by atoms with Crippen LogP contribution < -0.4 is 10.6 Å². The van der Waals surface area contributed by atoms with E-state index in [1.54, 1.807) is 33.9 Å². The van der Waals surface area contributed by atoms with Crippen LogP contribution in [0.25, 0.3) is 11.4 Å². The molecule has 0 aliphatic heterocycles. The topological polar surface area (TPSA) is 118 Å². The molecular weight excluding hydrogens is 346 g/mol. The second-order valence-corrected chi connectivity index (χ2v) is 5.94. The van der Waals surface area contributed by atoms with Crippen molar-refractivity contribution in [1.29, 1.82) is 0 Å². The summed E-state index contributed by atoms with van der Waals surface area (Å²) in [5.41, 5.74) is 2.12. The molecule has 3 aromatic heterocycles. The molecule has 4 aromatic rings. The van der Waals surface area contributed by atoms with E-state index in [9.17, 15) is 4.79 Å². The third-order valence-corrected chi connectivity index (χ3v) is 3.82. The van der Waals surface area contributed by atoms with Crippen LogP contribution >= 0.6 is 0 Å². The number of hydrogen-bond acceptors (Lipinski definition) is 6. The first kappa shape index (κ1) is 16.5. The van der Waals surface area contributed by atoms with Gasteiger partial charge in [-0.1, -0.05) is 0 Å². The molecule has 0 aliphatic carbocycles. The van der Waals surface area contributed by atoms with Gasteiger partial charge in [0.25, 0.3) is 5.91 Å². The van der Waals surface area contributed by atoms with Crippen molar-refractivity contribution in [2.75, 3.05) is 10.6 Å². The Morgan fingerprint density at radius 1 is 1.11 bits per heavy atom. The van der Waals surface area contributed by atoms with Gasteiger partial charge in [-0.25, -0.2) is 0 Å². The molecule has 0 saturated carbocycles. The number of nitrogens with one attached hydrogen (secondary N) is 3. The number of rotatable bonds is 5. The van der Waals surface area contributed by atoms with Crippen LogP contribution in [-0.4, -0.2) is 40.6 Å². The lowest BCUT2D eigenvalue weighted by Gasteiger charge is -2.05. The number of anilines is 3. The molecule has 1 aromatic carbocycles. The molecule has 136 valence electrons. The number of hydrogen-bond donors (Lipinski definition) is 3. The standard InChI is InChI=1S/C17H17N9O/c1-25-8-7-14(24-25)19-13-5-3-11(4-6-13)16(27)21-17-20-15(22-23-17)12-9-18-26(2)10-12/h3-10H,1-2H3,(H,19,24)(H2,20,21,22,23,27). The summed E-state index contributed by atoms with van der Waals surface area (Å²) in [6, 6.07) is 8.92. The van der Waals surface area contributed by atoms with Crippen LogP contribution in [0.2, 0.25) is 0 Å². The van der Waals surface area contributed by atoms with Gasteiger partial charge in [0.15, 0.2) is 11.6 Å². The number of benzene rings is 1. The molecule has 27 heavy (non-hydrogen) atoms. The highest BCUT2D eigenvalue weighted by Crippen LogP contribution is 2.17. The van der Waals surface area contributed by atoms with Gasteiger partial charge in [-0.15, -0.1) is 5.10 Å². The lowest BCUT2D eigenvalue weighted by Crippen LogP contribution is -2.12. The maximum absolute atomic E-state index is 12.4. The second-order valence-electron chi connectivity index (χ2n) is 5.94. The smallest absolute Gasteiger partial charge is 0.258 e. The van der Waals surface area contributed by atoms with Gasteiger partial charge in [-0.2, -0.15) is 15.2 Å². The Morgan fingerprint density at radius 2 is 1.93 bits per heavy atom. The van der Waals surface area contributed by atoms with Gasteiger partial charge in [0.1, 0.15) is 0 Å². The molecule has 0 unspecified atom stereocenters. The Labute approximate surface area is 154 Å². The maximum Gasteiger partial charge on any atom is 0.258 e. The lowest BCUT2D eigenvalue weighted by molar-refractivity contribution is 0.102. The van der Waals surface area contributed by atoms with Gasteiger partial charge >= 0.3 is 0 Å². The van der Waals surface area contributed by atoms with Gasteiger partial charge in [-0.05, 0) is 24.3 Å². The average molecular weight is 363 g/mol. The zero-order valence-corrected chi connectivity index (χ0v) is 14.7. The minimum atomic E-state index is -0.295. The fourth-order valence-electron chi connectivity index (χ4n) is 2.50. The Kier molecular flexibility index (Phi) is 4.13. The SMILES string of the molecule is Cn1cc(-c2nc(NC(=O)c3ccc(Nc4ccn(C)n4)cc3)n[nH]2)cn1. The van der Waals surface area contributed by atoms with E-state index in [-0.39, 0.29) is 11.9 Å². The van der Waals surface area contributed by atoms with Crippen molar-refractivity contribution in [2.24, 2.45) is 14.1 Å². The second kappa shape index (κ2) is 6.75. The summed E-state index contributed by atoms with van der Waals surface area (Å²) in [6.45, 7) is 0. The van der Waals surface area contributed by atoms with Crippen molar-refractivity contribution in [3.05, 3.63) is 54.5 Å². The van der Waals surface area contributed by atoms with Crippen LogP contribution in [0.15, 0.2) is 48.9 Å². The summed E-state index contributed by atoms with van der Waals surface area (Å²) in [5, 5.41) is 21.0. The van der Waals surface area contributed by atoms with Gasteiger partial charge in [0.05, 0.1) is 11.8 Å². The van der Waals surface area contributed by atoms with Crippen LogP contribution in [0.1, 0.15) is 10.4 Å². The monoisotopic (exact) mass is 363 g/mol. The number of amides is 1. The molecule has 10 heteroatoms. The van der Waals surface area contributed by atoms with Gasteiger partial charge in [0.2, 0.25) is 5.95 Å². The van der Waals surface area contributed by atoms with Crippen LogP contribution in [0, 0.1) is 0 Å². The predicted molar refractivity (Wildman–Crippen MR) is 99.5 cm³/mol. The summed E-state index contributed by atoms with van der Waals surface area (Å²) >= 11 is 0. The maximum atomic E-state index is 12.4. The van der Waals surface area contributed by atoms with Crippen molar-refractivity contribution < 1.29 is 4.79 Å². The van der Waals surface area contributed by atoms with Crippen molar-refractivity contribution in [2.45, 2.75) is 0 Å². The van der Waals surface area contributed by atoms with E-state index in [0.29, 0.717) is 11.4 Å². The number of aryl methyl sites for hydroxylation is 2. The van der Waals surface area contributed by atoms with Crippen molar-refractivity contribution in [1.82, 2.24) is 34.7 Å². The summed E-state index contributed by atoms with van der Waals surface area (Å²) in [7, 11) is 3.66. The number of nitrogens with zero attached hydrogens (tertiary/aromatic N) is 6. The molecule has 0 saturated heterocycles. The Bertz CT molecular complexity index is 1070.